The first-order valence-electron chi connectivity index (χ1n) is 6.84. The molecule has 1 heterocycles. The number of unbranched alkanes of at least 4 members (excludes halogenated alkanes) is 2. The zero-order valence-electron chi connectivity index (χ0n) is 11.7. The highest BCUT2D eigenvalue weighted by atomic mass is 16.4. The second-order valence-electron chi connectivity index (χ2n) is 4.61. The van der Waals surface area contributed by atoms with Crippen LogP contribution in [0.2, 0.25) is 0 Å². The normalized spacial score (nSPS) is 11.9. The van der Waals surface area contributed by atoms with Crippen molar-refractivity contribution >= 4 is 11.9 Å². The van der Waals surface area contributed by atoms with Crippen LogP contribution in [0, 0.1) is 0 Å². The Morgan fingerprint density at radius 2 is 1.95 bits per heavy atom. The van der Waals surface area contributed by atoms with Crippen LogP contribution in [-0.2, 0) is 16.0 Å². The fraction of sp³-hybridized carbons (Fsp3) is 0.667. The highest BCUT2D eigenvalue weighted by Crippen LogP contribution is 2.00. The van der Waals surface area contributed by atoms with E-state index in [0.29, 0.717) is 18.8 Å². The quantitative estimate of drug-likeness (QED) is 0.480. The third-order valence-electron chi connectivity index (χ3n) is 2.85. The van der Waals surface area contributed by atoms with E-state index in [1.807, 2.05) is 0 Å². The summed E-state index contributed by atoms with van der Waals surface area (Å²) in [6.07, 6.45) is 4.93. The average molecular weight is 296 g/mol. The Hall–Kier alpha value is -2.16. The predicted molar refractivity (Wildman–Crippen MR) is 73.0 cm³/mol. The van der Waals surface area contributed by atoms with Gasteiger partial charge in [-0.15, -0.1) is 20.4 Å². The summed E-state index contributed by atoms with van der Waals surface area (Å²) >= 11 is 0. The number of carbonyl (C=O) groups excluding carboxylic acids is 1. The zero-order valence-corrected chi connectivity index (χ0v) is 11.7. The van der Waals surface area contributed by atoms with Gasteiger partial charge in [-0.2, -0.15) is 0 Å². The predicted octanol–water partition coefficient (Wildman–Crippen LogP) is -0.712. The van der Waals surface area contributed by atoms with E-state index in [1.165, 1.54) is 6.33 Å². The third kappa shape index (κ3) is 7.88. The lowest BCUT2D eigenvalue weighted by Gasteiger charge is -2.07. The lowest BCUT2D eigenvalue weighted by Crippen LogP contribution is -2.32. The van der Waals surface area contributed by atoms with Crippen LogP contribution >= 0.6 is 0 Å². The van der Waals surface area contributed by atoms with Crippen molar-refractivity contribution in [3.63, 3.8) is 0 Å². The molecule has 0 radical (unpaired) electrons. The Bertz CT molecular complexity index is 442. The van der Waals surface area contributed by atoms with Crippen LogP contribution in [0.5, 0.6) is 0 Å². The molecule has 9 heteroatoms. The van der Waals surface area contributed by atoms with Crippen molar-refractivity contribution in [1.29, 1.82) is 0 Å². The molecule has 0 saturated carbocycles. The van der Waals surface area contributed by atoms with Gasteiger partial charge in [-0.1, -0.05) is 6.42 Å². The van der Waals surface area contributed by atoms with Crippen molar-refractivity contribution < 1.29 is 14.7 Å². The molecule has 0 aliphatic rings. The summed E-state index contributed by atoms with van der Waals surface area (Å²) < 4.78 is 0. The standard InChI is InChI=1S/C12H20N6O3/c13-9(12(20)21)5-6-11(19)14-7-3-1-2-4-10-17-15-8-16-18-10/h8-9H,1-7,13H2,(H,14,19)(H,20,21)/t9-/m0/s1. The van der Waals surface area contributed by atoms with Crippen molar-refractivity contribution in [2.45, 2.75) is 44.6 Å². The van der Waals surface area contributed by atoms with E-state index in [2.05, 4.69) is 25.7 Å². The van der Waals surface area contributed by atoms with Crippen LogP contribution < -0.4 is 11.1 Å². The van der Waals surface area contributed by atoms with Crippen molar-refractivity contribution in [3.8, 4) is 0 Å². The molecule has 0 unspecified atom stereocenters. The van der Waals surface area contributed by atoms with Gasteiger partial charge in [0.2, 0.25) is 5.91 Å². The Morgan fingerprint density at radius 3 is 2.62 bits per heavy atom. The number of hydrogen-bond donors (Lipinski definition) is 3. The molecule has 9 nitrogen and oxygen atoms in total. The first kappa shape index (κ1) is 16.9. The molecule has 1 aromatic rings. The van der Waals surface area contributed by atoms with Crippen molar-refractivity contribution in [2.75, 3.05) is 6.54 Å². The van der Waals surface area contributed by atoms with E-state index >= 15 is 0 Å². The van der Waals surface area contributed by atoms with E-state index in [1.54, 1.807) is 0 Å². The van der Waals surface area contributed by atoms with Gasteiger partial charge >= 0.3 is 5.97 Å². The molecule has 0 aliphatic heterocycles. The summed E-state index contributed by atoms with van der Waals surface area (Å²) in [4.78, 5) is 21.9. The molecule has 21 heavy (non-hydrogen) atoms. The number of rotatable bonds is 10. The molecule has 0 spiro atoms. The van der Waals surface area contributed by atoms with Crippen LogP contribution in [-0.4, -0.2) is 50.0 Å². The number of carboxylic acid groups (broad SMARTS) is 1. The molecular formula is C12H20N6O3. The second kappa shape index (κ2) is 9.70. The number of nitrogens with two attached hydrogens (primary N) is 1. The number of hydrogen-bond acceptors (Lipinski definition) is 7. The Balaban J connectivity index is 1.98. The van der Waals surface area contributed by atoms with E-state index in [0.717, 1.165) is 19.3 Å². The number of carbonyl (C=O) groups is 2. The molecule has 0 aliphatic carbocycles. The Morgan fingerprint density at radius 1 is 1.24 bits per heavy atom. The smallest absolute Gasteiger partial charge is 0.320 e. The fourth-order valence-corrected chi connectivity index (χ4v) is 1.64. The second-order valence-corrected chi connectivity index (χ2v) is 4.61. The molecule has 1 atom stereocenters. The summed E-state index contributed by atoms with van der Waals surface area (Å²) in [7, 11) is 0. The molecule has 0 aromatic carbocycles. The van der Waals surface area contributed by atoms with Gasteiger partial charge in [0, 0.05) is 19.4 Å². The molecular weight excluding hydrogens is 276 g/mol. The van der Waals surface area contributed by atoms with Gasteiger partial charge < -0.3 is 16.2 Å². The number of aliphatic carboxylic acids is 1. The van der Waals surface area contributed by atoms with Crippen LogP contribution in [0.15, 0.2) is 6.33 Å². The highest BCUT2D eigenvalue weighted by molar-refractivity contribution is 5.78. The van der Waals surface area contributed by atoms with Crippen LogP contribution in [0.4, 0.5) is 0 Å². The number of nitrogens with zero attached hydrogens (tertiary/aromatic N) is 4. The number of amides is 1. The Labute approximate surface area is 122 Å². The summed E-state index contributed by atoms with van der Waals surface area (Å²) in [5, 5.41) is 26.2. The molecule has 0 fully saturated rings. The summed E-state index contributed by atoms with van der Waals surface area (Å²) in [5.41, 5.74) is 5.31. The fourth-order valence-electron chi connectivity index (χ4n) is 1.64. The van der Waals surface area contributed by atoms with Gasteiger partial charge in [0.15, 0.2) is 12.2 Å². The van der Waals surface area contributed by atoms with E-state index in [4.69, 9.17) is 10.8 Å². The maximum atomic E-state index is 11.4. The van der Waals surface area contributed by atoms with E-state index in [-0.39, 0.29) is 18.7 Å². The molecule has 1 rings (SSSR count). The van der Waals surface area contributed by atoms with E-state index < -0.39 is 12.0 Å². The molecule has 4 N–H and O–H groups in total. The van der Waals surface area contributed by atoms with Gasteiger partial charge in [0.1, 0.15) is 6.04 Å². The summed E-state index contributed by atoms with van der Waals surface area (Å²) in [6, 6.07) is -0.983. The highest BCUT2D eigenvalue weighted by Gasteiger charge is 2.12. The molecule has 1 aromatic heterocycles. The minimum absolute atomic E-state index is 0.128. The third-order valence-corrected chi connectivity index (χ3v) is 2.85. The molecule has 116 valence electrons. The molecule has 1 amide bonds. The van der Waals surface area contributed by atoms with Gasteiger partial charge in [0.25, 0.3) is 0 Å². The zero-order chi connectivity index (χ0) is 15.5. The summed E-state index contributed by atoms with van der Waals surface area (Å²) in [6.45, 7) is 0.563. The maximum Gasteiger partial charge on any atom is 0.320 e. The monoisotopic (exact) mass is 296 g/mol. The van der Waals surface area contributed by atoms with Crippen molar-refractivity contribution in [1.82, 2.24) is 25.7 Å². The van der Waals surface area contributed by atoms with Crippen molar-refractivity contribution in [2.24, 2.45) is 5.73 Å². The van der Waals surface area contributed by atoms with Gasteiger partial charge in [-0.3, -0.25) is 9.59 Å². The minimum Gasteiger partial charge on any atom is -0.480 e. The van der Waals surface area contributed by atoms with Gasteiger partial charge in [0.05, 0.1) is 0 Å². The van der Waals surface area contributed by atoms with Crippen LogP contribution in [0.1, 0.15) is 37.9 Å². The lowest BCUT2D eigenvalue weighted by atomic mass is 10.1. The topological polar surface area (TPSA) is 144 Å². The average Bonchev–Trinajstić information content (AvgIpc) is 2.49. The number of aromatic nitrogens is 4. The Kier molecular flexibility index (Phi) is 7.80. The van der Waals surface area contributed by atoms with Crippen molar-refractivity contribution in [3.05, 3.63) is 12.2 Å². The first-order chi connectivity index (χ1) is 10.1. The maximum absolute atomic E-state index is 11.4. The summed E-state index contributed by atoms with van der Waals surface area (Å²) in [5.74, 6) is -0.648. The van der Waals surface area contributed by atoms with Crippen LogP contribution in [0.25, 0.3) is 0 Å². The SMILES string of the molecule is N[C@@H](CCC(=O)NCCCCCc1nncnn1)C(=O)O. The number of carboxylic acids is 1. The number of nitrogens with one attached hydrogen (secondary N) is 1. The molecule has 0 saturated heterocycles. The first-order valence-corrected chi connectivity index (χ1v) is 6.84. The van der Waals surface area contributed by atoms with Crippen LogP contribution in [0.3, 0.4) is 0 Å². The van der Waals surface area contributed by atoms with Gasteiger partial charge in [-0.05, 0) is 19.3 Å². The number of aryl methyl sites for hydroxylation is 1. The minimum atomic E-state index is -1.09. The van der Waals surface area contributed by atoms with Gasteiger partial charge in [-0.25, -0.2) is 0 Å². The lowest BCUT2D eigenvalue weighted by molar-refractivity contribution is -0.138. The molecule has 0 bridgehead atoms. The van der Waals surface area contributed by atoms with E-state index in [9.17, 15) is 9.59 Å². The largest absolute Gasteiger partial charge is 0.480 e.